The molecule has 1 aromatic carbocycles. The van der Waals surface area contributed by atoms with Crippen molar-refractivity contribution in [3.05, 3.63) is 46.5 Å². The molecule has 24 heavy (non-hydrogen) atoms. The number of thiazole rings is 1. The first-order valence-corrected chi connectivity index (χ1v) is 8.57. The molecule has 3 rings (SSSR count). The lowest BCUT2D eigenvalue weighted by molar-refractivity contribution is -0.138. The Morgan fingerprint density at radius 1 is 1.33 bits per heavy atom. The van der Waals surface area contributed by atoms with E-state index in [4.69, 9.17) is 0 Å². The summed E-state index contributed by atoms with van der Waals surface area (Å²) >= 11 is 1.33. The second kappa shape index (κ2) is 6.20. The maximum Gasteiger partial charge on any atom is 0.416 e. The van der Waals surface area contributed by atoms with Crippen molar-refractivity contribution in [1.29, 1.82) is 0 Å². The van der Waals surface area contributed by atoms with Gasteiger partial charge in [0.2, 0.25) is 5.91 Å². The quantitative estimate of drug-likeness (QED) is 0.837. The fourth-order valence-corrected chi connectivity index (χ4v) is 3.59. The highest BCUT2D eigenvalue weighted by Gasteiger charge is 2.47. The van der Waals surface area contributed by atoms with Gasteiger partial charge in [-0.1, -0.05) is 32.0 Å². The zero-order chi connectivity index (χ0) is 17.5. The lowest BCUT2D eigenvalue weighted by Crippen LogP contribution is -2.15. The van der Waals surface area contributed by atoms with Crippen LogP contribution in [0.25, 0.3) is 0 Å². The SMILES string of the molecule is CC(C)c1csc(NC(=O)C2CC2c2ccccc2C(F)(F)F)n1. The van der Waals surface area contributed by atoms with Gasteiger partial charge in [-0.2, -0.15) is 13.2 Å². The Morgan fingerprint density at radius 2 is 2.04 bits per heavy atom. The van der Waals surface area contributed by atoms with Crippen molar-refractivity contribution in [2.24, 2.45) is 5.92 Å². The van der Waals surface area contributed by atoms with Crippen LogP contribution in [0.5, 0.6) is 0 Å². The van der Waals surface area contributed by atoms with Crippen molar-refractivity contribution in [3.63, 3.8) is 0 Å². The van der Waals surface area contributed by atoms with Crippen molar-refractivity contribution in [2.75, 3.05) is 5.32 Å². The molecular formula is C17H17F3N2OS. The number of carbonyl (C=O) groups is 1. The molecule has 0 saturated heterocycles. The summed E-state index contributed by atoms with van der Waals surface area (Å²) < 4.78 is 39.2. The van der Waals surface area contributed by atoms with E-state index in [-0.39, 0.29) is 23.3 Å². The van der Waals surface area contributed by atoms with E-state index in [0.717, 1.165) is 11.8 Å². The number of amides is 1. The van der Waals surface area contributed by atoms with Crippen molar-refractivity contribution in [1.82, 2.24) is 4.98 Å². The summed E-state index contributed by atoms with van der Waals surface area (Å²) in [6.07, 6.45) is -3.97. The predicted molar refractivity (Wildman–Crippen MR) is 87.1 cm³/mol. The molecule has 2 aromatic rings. The number of hydrogen-bond acceptors (Lipinski definition) is 3. The number of hydrogen-bond donors (Lipinski definition) is 1. The van der Waals surface area contributed by atoms with Crippen LogP contribution >= 0.6 is 11.3 Å². The molecule has 0 radical (unpaired) electrons. The summed E-state index contributed by atoms with van der Waals surface area (Å²) in [6, 6.07) is 5.47. The largest absolute Gasteiger partial charge is 0.416 e. The summed E-state index contributed by atoms with van der Waals surface area (Å²) in [7, 11) is 0. The number of carbonyl (C=O) groups excluding carboxylic acids is 1. The van der Waals surface area contributed by atoms with E-state index in [0.29, 0.717) is 11.6 Å². The molecule has 1 N–H and O–H groups in total. The van der Waals surface area contributed by atoms with E-state index in [1.54, 1.807) is 6.07 Å². The maximum absolute atomic E-state index is 13.1. The fraction of sp³-hybridized carbons (Fsp3) is 0.412. The minimum absolute atomic E-state index is 0.201. The molecule has 2 atom stereocenters. The fourth-order valence-electron chi connectivity index (χ4n) is 2.71. The first-order valence-electron chi connectivity index (χ1n) is 7.69. The van der Waals surface area contributed by atoms with E-state index in [9.17, 15) is 18.0 Å². The van der Waals surface area contributed by atoms with Gasteiger partial charge in [-0.05, 0) is 29.9 Å². The Labute approximate surface area is 141 Å². The van der Waals surface area contributed by atoms with Gasteiger partial charge in [0.05, 0.1) is 11.3 Å². The Balaban J connectivity index is 1.70. The van der Waals surface area contributed by atoms with E-state index in [1.807, 2.05) is 19.2 Å². The molecule has 3 nitrogen and oxygen atoms in total. The van der Waals surface area contributed by atoms with Gasteiger partial charge < -0.3 is 5.32 Å². The molecule has 0 bridgehead atoms. The number of rotatable bonds is 4. The van der Waals surface area contributed by atoms with Gasteiger partial charge in [0.15, 0.2) is 5.13 Å². The number of benzene rings is 1. The molecule has 1 aromatic heterocycles. The van der Waals surface area contributed by atoms with Gasteiger partial charge in [0, 0.05) is 11.3 Å². The number of halogens is 3. The van der Waals surface area contributed by atoms with Crippen molar-refractivity contribution >= 4 is 22.4 Å². The van der Waals surface area contributed by atoms with Crippen LogP contribution in [-0.2, 0) is 11.0 Å². The first-order chi connectivity index (χ1) is 11.3. The minimum Gasteiger partial charge on any atom is -0.302 e. The predicted octanol–water partition coefficient (Wildman–Crippen LogP) is 5.03. The van der Waals surface area contributed by atoms with E-state index in [2.05, 4.69) is 10.3 Å². The topological polar surface area (TPSA) is 42.0 Å². The Kier molecular flexibility index (Phi) is 4.38. The third-order valence-electron chi connectivity index (χ3n) is 4.14. The van der Waals surface area contributed by atoms with Crippen molar-refractivity contribution in [2.45, 2.75) is 38.3 Å². The number of aromatic nitrogens is 1. The lowest BCUT2D eigenvalue weighted by Gasteiger charge is -2.12. The molecule has 1 saturated carbocycles. The van der Waals surface area contributed by atoms with Gasteiger partial charge in [0.1, 0.15) is 0 Å². The standard InChI is InChI=1S/C17H17F3N2OS/c1-9(2)14-8-24-16(21-14)22-15(23)12-7-11(12)10-5-3-4-6-13(10)17(18,19)20/h3-6,8-9,11-12H,7H2,1-2H3,(H,21,22,23). The highest BCUT2D eigenvalue weighted by Crippen LogP contribution is 2.51. The number of nitrogens with one attached hydrogen (secondary N) is 1. The summed E-state index contributed by atoms with van der Waals surface area (Å²) in [6.45, 7) is 4.01. The number of anilines is 1. The molecule has 1 heterocycles. The van der Waals surface area contributed by atoms with E-state index >= 15 is 0 Å². The highest BCUT2D eigenvalue weighted by atomic mass is 32.1. The average Bonchev–Trinajstić information content (AvgIpc) is 3.18. The van der Waals surface area contributed by atoms with Gasteiger partial charge in [0.25, 0.3) is 0 Å². The van der Waals surface area contributed by atoms with Crippen LogP contribution in [0.15, 0.2) is 29.6 Å². The van der Waals surface area contributed by atoms with Crippen LogP contribution in [0.3, 0.4) is 0 Å². The van der Waals surface area contributed by atoms with Crippen molar-refractivity contribution < 1.29 is 18.0 Å². The highest BCUT2D eigenvalue weighted by molar-refractivity contribution is 7.13. The molecule has 2 unspecified atom stereocenters. The summed E-state index contributed by atoms with van der Waals surface area (Å²) in [5.41, 5.74) is 0.443. The van der Waals surface area contributed by atoms with Gasteiger partial charge in [-0.3, -0.25) is 4.79 Å². The number of alkyl halides is 3. The van der Waals surface area contributed by atoms with Gasteiger partial charge in [-0.15, -0.1) is 11.3 Å². The third-order valence-corrected chi connectivity index (χ3v) is 4.91. The molecule has 1 amide bonds. The zero-order valence-corrected chi connectivity index (χ0v) is 14.0. The minimum atomic E-state index is -4.40. The molecule has 0 spiro atoms. The maximum atomic E-state index is 13.1. The third kappa shape index (κ3) is 3.45. The van der Waals surface area contributed by atoms with Crippen LogP contribution in [0.2, 0.25) is 0 Å². The van der Waals surface area contributed by atoms with Crippen LogP contribution in [0.1, 0.15) is 48.9 Å². The molecule has 1 fully saturated rings. The molecular weight excluding hydrogens is 337 g/mol. The normalized spacial score (nSPS) is 20.2. The molecule has 1 aliphatic rings. The van der Waals surface area contributed by atoms with Crippen LogP contribution < -0.4 is 5.32 Å². The van der Waals surface area contributed by atoms with Gasteiger partial charge in [-0.25, -0.2) is 4.98 Å². The van der Waals surface area contributed by atoms with E-state index in [1.165, 1.54) is 23.5 Å². The van der Waals surface area contributed by atoms with E-state index < -0.39 is 17.7 Å². The van der Waals surface area contributed by atoms with Crippen LogP contribution in [0.4, 0.5) is 18.3 Å². The van der Waals surface area contributed by atoms with Gasteiger partial charge >= 0.3 is 6.18 Å². The Hall–Kier alpha value is -1.89. The summed E-state index contributed by atoms with van der Waals surface area (Å²) in [4.78, 5) is 16.6. The smallest absolute Gasteiger partial charge is 0.302 e. The first kappa shape index (κ1) is 17.0. The van der Waals surface area contributed by atoms with Crippen LogP contribution in [0, 0.1) is 5.92 Å². The molecule has 1 aliphatic carbocycles. The zero-order valence-electron chi connectivity index (χ0n) is 13.2. The Bertz CT molecular complexity index is 754. The second-order valence-corrected chi connectivity index (χ2v) is 7.11. The number of nitrogens with zero attached hydrogens (tertiary/aromatic N) is 1. The molecule has 0 aliphatic heterocycles. The molecule has 7 heteroatoms. The molecule has 128 valence electrons. The second-order valence-electron chi connectivity index (χ2n) is 6.26. The van der Waals surface area contributed by atoms with Crippen LogP contribution in [-0.4, -0.2) is 10.9 Å². The van der Waals surface area contributed by atoms with Crippen molar-refractivity contribution in [3.8, 4) is 0 Å². The Morgan fingerprint density at radius 3 is 2.67 bits per heavy atom. The lowest BCUT2D eigenvalue weighted by atomic mass is 10.0. The average molecular weight is 354 g/mol. The summed E-state index contributed by atoms with van der Waals surface area (Å²) in [5.74, 6) is -0.812. The summed E-state index contributed by atoms with van der Waals surface area (Å²) in [5, 5.41) is 5.10. The monoisotopic (exact) mass is 354 g/mol.